The van der Waals surface area contributed by atoms with Crippen molar-refractivity contribution in [1.29, 1.82) is 0 Å². The van der Waals surface area contributed by atoms with Crippen LogP contribution in [0, 0.1) is 6.92 Å². The van der Waals surface area contributed by atoms with Gasteiger partial charge in [-0.25, -0.2) is 4.98 Å². The Labute approximate surface area is 109 Å². The molecule has 0 saturated carbocycles. The van der Waals surface area contributed by atoms with Gasteiger partial charge in [0.25, 0.3) is 0 Å². The predicted octanol–water partition coefficient (Wildman–Crippen LogP) is 2.45. The van der Waals surface area contributed by atoms with E-state index in [1.165, 1.54) is 28.4 Å². The van der Waals surface area contributed by atoms with Gasteiger partial charge < -0.3 is 10.2 Å². The van der Waals surface area contributed by atoms with E-state index >= 15 is 0 Å². The van der Waals surface area contributed by atoms with Gasteiger partial charge >= 0.3 is 0 Å². The topological polar surface area (TPSA) is 28.2 Å². The minimum atomic E-state index is 0.978. The second kappa shape index (κ2) is 7.80. The summed E-state index contributed by atoms with van der Waals surface area (Å²) in [5.74, 6) is 0. The monoisotopic (exact) mass is 255 g/mol. The normalized spacial score (nSPS) is 11.4. The van der Waals surface area contributed by atoms with Crippen LogP contribution >= 0.6 is 11.3 Å². The zero-order valence-electron chi connectivity index (χ0n) is 11.5. The van der Waals surface area contributed by atoms with Crippen LogP contribution in [-0.2, 0) is 13.0 Å². The Morgan fingerprint density at radius 1 is 1.35 bits per heavy atom. The SMILES string of the molecule is CCCCNCc1sc(CCN(C)C)nc1C. The maximum absolute atomic E-state index is 4.63. The molecule has 0 saturated heterocycles. The summed E-state index contributed by atoms with van der Waals surface area (Å²) in [7, 11) is 4.21. The first-order valence-corrected chi connectivity index (χ1v) is 7.25. The van der Waals surface area contributed by atoms with E-state index in [1.54, 1.807) is 0 Å². The molecule has 3 nitrogen and oxygen atoms in total. The van der Waals surface area contributed by atoms with Gasteiger partial charge in [0.2, 0.25) is 0 Å². The second-order valence-electron chi connectivity index (χ2n) is 4.70. The molecule has 4 heteroatoms. The van der Waals surface area contributed by atoms with E-state index in [9.17, 15) is 0 Å². The van der Waals surface area contributed by atoms with Gasteiger partial charge in [-0.05, 0) is 34.0 Å². The van der Waals surface area contributed by atoms with Crippen LogP contribution in [0.15, 0.2) is 0 Å². The van der Waals surface area contributed by atoms with Crippen molar-refractivity contribution in [1.82, 2.24) is 15.2 Å². The van der Waals surface area contributed by atoms with Crippen LogP contribution < -0.4 is 5.32 Å². The molecule has 98 valence electrons. The van der Waals surface area contributed by atoms with Gasteiger partial charge in [-0.15, -0.1) is 11.3 Å². The maximum Gasteiger partial charge on any atom is 0.0944 e. The molecule has 0 aromatic carbocycles. The molecule has 1 aromatic heterocycles. The Hall–Kier alpha value is -0.450. The first-order valence-electron chi connectivity index (χ1n) is 6.44. The van der Waals surface area contributed by atoms with E-state index in [2.05, 4.69) is 43.1 Å². The van der Waals surface area contributed by atoms with Crippen LogP contribution in [-0.4, -0.2) is 37.1 Å². The quantitative estimate of drug-likeness (QED) is 0.723. The predicted molar refractivity (Wildman–Crippen MR) is 75.7 cm³/mol. The van der Waals surface area contributed by atoms with Crippen molar-refractivity contribution in [3.8, 4) is 0 Å². The molecule has 0 bridgehead atoms. The number of aromatic nitrogens is 1. The number of nitrogens with one attached hydrogen (secondary N) is 1. The molecule has 0 aliphatic carbocycles. The van der Waals surface area contributed by atoms with Gasteiger partial charge in [0, 0.05) is 24.4 Å². The fraction of sp³-hybridized carbons (Fsp3) is 0.769. The second-order valence-corrected chi connectivity index (χ2v) is 5.87. The van der Waals surface area contributed by atoms with E-state index in [0.717, 1.165) is 26.1 Å². The van der Waals surface area contributed by atoms with E-state index in [4.69, 9.17) is 0 Å². The van der Waals surface area contributed by atoms with Gasteiger partial charge in [0.1, 0.15) is 0 Å². The molecule has 1 heterocycles. The van der Waals surface area contributed by atoms with Crippen LogP contribution in [0.25, 0.3) is 0 Å². The third-order valence-corrected chi connectivity index (χ3v) is 3.92. The van der Waals surface area contributed by atoms with Gasteiger partial charge in [-0.3, -0.25) is 0 Å². The number of hydrogen-bond donors (Lipinski definition) is 1. The molecule has 1 N–H and O–H groups in total. The van der Waals surface area contributed by atoms with Crippen LogP contribution in [0.2, 0.25) is 0 Å². The first kappa shape index (κ1) is 14.6. The summed E-state index contributed by atoms with van der Waals surface area (Å²) in [6.45, 7) is 7.51. The number of nitrogens with zero attached hydrogens (tertiary/aromatic N) is 2. The van der Waals surface area contributed by atoms with Crippen molar-refractivity contribution in [3.63, 3.8) is 0 Å². The van der Waals surface area contributed by atoms with Gasteiger partial charge in [-0.2, -0.15) is 0 Å². The highest BCUT2D eigenvalue weighted by Gasteiger charge is 2.07. The number of thiazole rings is 1. The van der Waals surface area contributed by atoms with Crippen molar-refractivity contribution >= 4 is 11.3 Å². The highest BCUT2D eigenvalue weighted by atomic mass is 32.1. The zero-order valence-corrected chi connectivity index (χ0v) is 12.4. The lowest BCUT2D eigenvalue weighted by atomic mass is 10.3. The smallest absolute Gasteiger partial charge is 0.0944 e. The van der Waals surface area contributed by atoms with Crippen molar-refractivity contribution in [3.05, 3.63) is 15.6 Å². The van der Waals surface area contributed by atoms with Crippen LogP contribution in [0.1, 0.15) is 35.3 Å². The van der Waals surface area contributed by atoms with Crippen molar-refractivity contribution in [2.45, 2.75) is 39.7 Å². The summed E-state index contributed by atoms with van der Waals surface area (Å²) < 4.78 is 0. The third-order valence-electron chi connectivity index (χ3n) is 2.70. The fourth-order valence-electron chi connectivity index (χ4n) is 1.58. The van der Waals surface area contributed by atoms with Gasteiger partial charge in [0.05, 0.1) is 10.7 Å². The largest absolute Gasteiger partial charge is 0.312 e. The summed E-state index contributed by atoms with van der Waals surface area (Å²) >= 11 is 1.86. The number of likely N-dealkylation sites (N-methyl/N-ethyl adjacent to an activating group) is 1. The van der Waals surface area contributed by atoms with E-state index in [-0.39, 0.29) is 0 Å². The summed E-state index contributed by atoms with van der Waals surface area (Å²) in [6.07, 6.45) is 3.57. The Morgan fingerprint density at radius 3 is 2.76 bits per heavy atom. The lowest BCUT2D eigenvalue weighted by Crippen LogP contribution is -2.14. The average molecular weight is 255 g/mol. The van der Waals surface area contributed by atoms with E-state index in [0.29, 0.717) is 0 Å². The molecule has 0 atom stereocenters. The molecule has 0 radical (unpaired) electrons. The van der Waals surface area contributed by atoms with Crippen LogP contribution in [0.5, 0.6) is 0 Å². The zero-order chi connectivity index (χ0) is 12.7. The lowest BCUT2D eigenvalue weighted by molar-refractivity contribution is 0.413. The molecular weight excluding hydrogens is 230 g/mol. The summed E-state index contributed by atoms with van der Waals surface area (Å²) in [6, 6.07) is 0. The van der Waals surface area contributed by atoms with E-state index in [1.807, 2.05) is 11.3 Å². The molecule has 1 aromatic rings. The average Bonchev–Trinajstić information content (AvgIpc) is 2.63. The molecule has 0 aliphatic heterocycles. The Bertz CT molecular complexity index is 320. The molecule has 17 heavy (non-hydrogen) atoms. The highest BCUT2D eigenvalue weighted by molar-refractivity contribution is 7.11. The fourth-order valence-corrected chi connectivity index (χ4v) is 2.61. The molecule has 0 aliphatic rings. The number of unbranched alkanes of at least 4 members (excludes halogenated alkanes) is 1. The standard InChI is InChI=1S/C13H25N3S/c1-5-6-8-14-10-12-11(2)15-13(17-12)7-9-16(3)4/h14H,5-10H2,1-4H3. The van der Waals surface area contributed by atoms with Crippen molar-refractivity contribution < 1.29 is 0 Å². The molecule has 0 unspecified atom stereocenters. The maximum atomic E-state index is 4.63. The Morgan fingerprint density at radius 2 is 2.12 bits per heavy atom. The van der Waals surface area contributed by atoms with Crippen molar-refractivity contribution in [2.24, 2.45) is 0 Å². The Balaban J connectivity index is 2.39. The van der Waals surface area contributed by atoms with Gasteiger partial charge in [-0.1, -0.05) is 13.3 Å². The number of rotatable bonds is 8. The summed E-state index contributed by atoms with van der Waals surface area (Å²) in [5, 5.41) is 4.75. The number of aryl methyl sites for hydroxylation is 1. The molecular formula is C13H25N3S. The summed E-state index contributed by atoms with van der Waals surface area (Å²) in [5.41, 5.74) is 1.20. The van der Waals surface area contributed by atoms with Crippen molar-refractivity contribution in [2.75, 3.05) is 27.2 Å². The molecule has 0 fully saturated rings. The highest BCUT2D eigenvalue weighted by Crippen LogP contribution is 2.18. The minimum Gasteiger partial charge on any atom is -0.312 e. The van der Waals surface area contributed by atoms with Crippen LogP contribution in [0.4, 0.5) is 0 Å². The third kappa shape index (κ3) is 5.61. The molecule has 0 amide bonds. The summed E-state index contributed by atoms with van der Waals surface area (Å²) in [4.78, 5) is 8.24. The molecule has 1 rings (SSSR count). The van der Waals surface area contributed by atoms with E-state index < -0.39 is 0 Å². The number of hydrogen-bond acceptors (Lipinski definition) is 4. The molecule has 0 spiro atoms. The lowest BCUT2D eigenvalue weighted by Gasteiger charge is -2.06. The van der Waals surface area contributed by atoms with Crippen LogP contribution in [0.3, 0.4) is 0 Å². The minimum absolute atomic E-state index is 0.978. The Kier molecular flexibility index (Phi) is 6.70. The van der Waals surface area contributed by atoms with Gasteiger partial charge in [0.15, 0.2) is 0 Å². The first-order chi connectivity index (χ1) is 8.13.